The van der Waals surface area contributed by atoms with Crippen molar-refractivity contribution in [1.82, 2.24) is 68.1 Å². The summed E-state index contributed by atoms with van der Waals surface area (Å²) in [6.07, 6.45) is -4.99. The SMILES string of the molecule is [C-]#[N+]CCOP(=O)(OC[C@H]1O[C@@H](n2cnc3c(NC(=O)c4ccccc4)ncnc32)C(C)[C@H]1OP(=S)(OCC[N+]#[C-])OC[C@H]1O[C@@H](n2cnc3c(=O)[nH]c(NC(=O)C(C)C)nc32)C(C)[C@H]1OP(=S)(OCC[N+]#[C-])OC[C@H]1O[C@@H](n2cnc3c(NC(=O)c4ccccc4)ncnc32)C(C)[C@H]1C)O[C@@H]1C(C)[C@H](n2cc(C)c(NC(=O)c3ccccc3)nc2=O)O[C@@H]1CO. The molecule has 126 heavy (non-hydrogen) atoms. The molecule has 0 radical (unpaired) electrons. The molecule has 0 aliphatic carbocycles. The highest BCUT2D eigenvalue weighted by molar-refractivity contribution is 8.07. The second-order valence-corrected chi connectivity index (χ2v) is 37.8. The van der Waals surface area contributed by atoms with E-state index in [2.05, 4.69) is 85.6 Å². The summed E-state index contributed by atoms with van der Waals surface area (Å²) in [6, 6.07) is 25.3. The summed E-state index contributed by atoms with van der Waals surface area (Å²) in [5.74, 6) is -5.72. The number of phosphoric acid groups is 1. The predicted molar refractivity (Wildman–Crippen MR) is 458 cm³/mol. The average molecular weight is 1820 g/mol. The van der Waals surface area contributed by atoms with Gasteiger partial charge in [0.15, 0.2) is 45.1 Å². The van der Waals surface area contributed by atoms with Crippen molar-refractivity contribution < 1.29 is 88.5 Å². The van der Waals surface area contributed by atoms with Crippen molar-refractivity contribution in [3.05, 3.63) is 206 Å². The number of aromatic nitrogens is 14. The molecule has 662 valence electrons. The predicted octanol–water partition coefficient (Wildman–Crippen LogP) is 10.0. The third kappa shape index (κ3) is 20.3. The van der Waals surface area contributed by atoms with Gasteiger partial charge in [0.25, 0.3) is 23.3 Å². The highest BCUT2D eigenvalue weighted by Gasteiger charge is 2.54. The maximum absolute atomic E-state index is 15.6. The quantitative estimate of drug-likeness (QED) is 0.0120. The van der Waals surface area contributed by atoms with Gasteiger partial charge in [-0.2, -0.15) is 9.97 Å². The van der Waals surface area contributed by atoms with Crippen LogP contribution in [0, 0.1) is 62.1 Å². The zero-order valence-electron chi connectivity index (χ0n) is 68.9. The van der Waals surface area contributed by atoms with Crippen molar-refractivity contribution in [3.8, 4) is 0 Å². The topological polar surface area (TPSA) is 472 Å². The van der Waals surface area contributed by atoms with E-state index in [1.807, 2.05) is 13.8 Å². The van der Waals surface area contributed by atoms with E-state index in [9.17, 15) is 33.9 Å². The molecule has 3 aromatic carbocycles. The molecule has 4 amide bonds. The Morgan fingerprint density at radius 1 is 0.500 bits per heavy atom. The van der Waals surface area contributed by atoms with Gasteiger partial charge < -0.3 is 81.7 Å². The number of fused-ring (bicyclic) bond motifs is 3. The Bertz CT molecular complexity index is 6060. The molecule has 4 fully saturated rings. The highest BCUT2D eigenvalue weighted by Crippen LogP contribution is 2.60. The number of aliphatic hydroxyl groups is 1. The second kappa shape index (κ2) is 40.1. The third-order valence-corrected chi connectivity index (χ3v) is 27.7. The molecule has 47 heteroatoms. The number of ether oxygens (including phenoxy) is 4. The van der Waals surface area contributed by atoms with Crippen LogP contribution >= 0.6 is 21.3 Å². The molecule has 7 aromatic heterocycles. The lowest BCUT2D eigenvalue weighted by Crippen LogP contribution is -2.35. The number of nitrogens with one attached hydrogen (secondary N) is 5. The molecule has 11 heterocycles. The molecule has 6 N–H and O–H groups in total. The Labute approximate surface area is 730 Å². The molecule has 4 aliphatic heterocycles. The first-order valence-corrected chi connectivity index (χ1v) is 46.5. The van der Waals surface area contributed by atoms with Gasteiger partial charge in [-0.1, -0.05) is 103 Å². The monoisotopic (exact) mass is 1820 g/mol. The molecule has 0 spiro atoms. The van der Waals surface area contributed by atoms with Crippen LogP contribution < -0.4 is 32.5 Å². The van der Waals surface area contributed by atoms with Gasteiger partial charge >= 0.3 is 26.9 Å². The number of aliphatic hydroxyl groups excluding tert-OH is 1. The minimum atomic E-state index is -5.05. The summed E-state index contributed by atoms with van der Waals surface area (Å²) in [5, 5.41) is 21.9. The zero-order valence-corrected chi connectivity index (χ0v) is 73.3. The van der Waals surface area contributed by atoms with Crippen LogP contribution in [0.15, 0.2) is 138 Å². The summed E-state index contributed by atoms with van der Waals surface area (Å²) in [5.41, 5.74) is 0.574. The first-order chi connectivity index (χ1) is 60.6. The van der Waals surface area contributed by atoms with Crippen LogP contribution in [0.25, 0.3) is 48.0 Å². The highest BCUT2D eigenvalue weighted by atomic mass is 32.5. The molecule has 4 aliphatic rings. The zero-order chi connectivity index (χ0) is 89.3. The summed E-state index contributed by atoms with van der Waals surface area (Å²) in [7, 11) is -5.05. The van der Waals surface area contributed by atoms with Gasteiger partial charge in [0.05, 0.1) is 51.5 Å². The fourth-order valence-corrected chi connectivity index (χ4v) is 20.5. The Morgan fingerprint density at radius 3 is 1.39 bits per heavy atom. The lowest BCUT2D eigenvalue weighted by atomic mass is 9.93. The number of carbonyl (C=O) groups is 4. The summed E-state index contributed by atoms with van der Waals surface area (Å²) < 4.78 is 107. The first kappa shape index (κ1) is 91.5. The Balaban J connectivity index is 0.775. The molecule has 42 nitrogen and oxygen atoms in total. The number of imidazole rings is 3. The van der Waals surface area contributed by atoms with Crippen LogP contribution in [-0.2, 0) is 92.6 Å². The van der Waals surface area contributed by atoms with E-state index in [4.69, 9.17) is 103 Å². The van der Waals surface area contributed by atoms with E-state index in [0.29, 0.717) is 33.4 Å². The van der Waals surface area contributed by atoms with E-state index in [0.717, 1.165) is 4.57 Å². The molecule has 10 aromatic rings. The van der Waals surface area contributed by atoms with Crippen molar-refractivity contribution in [2.45, 2.75) is 123 Å². The lowest BCUT2D eigenvalue weighted by Gasteiger charge is -2.32. The van der Waals surface area contributed by atoms with Gasteiger partial charge in [0, 0.05) is 58.0 Å². The summed E-state index contributed by atoms with van der Waals surface area (Å²) in [6.45, 7) is 24.2. The van der Waals surface area contributed by atoms with Crippen molar-refractivity contribution in [2.24, 2.45) is 35.5 Å². The number of nitrogens with zero attached hydrogens (tertiary/aromatic N) is 16. The molecular formula is C79H88N21O21P3S2. The molecule has 0 saturated carbocycles. The van der Waals surface area contributed by atoms with Crippen LogP contribution in [0.5, 0.6) is 0 Å². The lowest BCUT2D eigenvalue weighted by molar-refractivity contribution is -0.119. The average Bonchev–Trinajstić information content (AvgIpc) is 1.62. The van der Waals surface area contributed by atoms with Crippen molar-refractivity contribution in [3.63, 3.8) is 0 Å². The normalized spacial score (nSPS) is 24.9. The largest absolute Gasteiger partial charge is 0.475 e. The number of rotatable bonds is 37. The number of hydrogen-bond donors (Lipinski definition) is 6. The van der Waals surface area contributed by atoms with Gasteiger partial charge in [-0.3, -0.25) is 66.1 Å². The number of anilines is 4. The smallest absolute Gasteiger partial charge is 0.394 e. The van der Waals surface area contributed by atoms with E-state index in [1.54, 1.807) is 143 Å². The van der Waals surface area contributed by atoms with Gasteiger partial charge in [-0.15, -0.1) is 0 Å². The Hall–Kier alpha value is -10.7. The molecule has 7 unspecified atom stereocenters. The molecule has 14 rings (SSSR count). The van der Waals surface area contributed by atoms with Crippen molar-refractivity contribution >= 4 is 125 Å². The summed E-state index contributed by atoms with van der Waals surface area (Å²) in [4.78, 5) is 134. The fraction of sp³-hybridized carbons (Fsp3) is 0.443. The second-order valence-electron chi connectivity index (χ2n) is 30.2. The Morgan fingerprint density at radius 2 is 0.913 bits per heavy atom. The number of hydrogen-bond acceptors (Lipinski definition) is 32. The van der Waals surface area contributed by atoms with Gasteiger partial charge in [0.1, 0.15) is 99.8 Å². The number of benzene rings is 3. The number of amides is 4. The van der Waals surface area contributed by atoms with E-state index in [-0.39, 0.29) is 97.0 Å². The van der Waals surface area contributed by atoms with Crippen molar-refractivity contribution in [2.75, 3.05) is 87.1 Å². The van der Waals surface area contributed by atoms with Crippen LogP contribution in [0.1, 0.15) is 110 Å². The van der Waals surface area contributed by atoms with E-state index < -0.39 is 174 Å². The standard InChI is InChI=1S/C79H88N21O21P3S2/c1-43(2)69(102)95-78-94-68-59(73(106)96-78)89-42-100(68)77-49(8)62(121-123(125,110-31-28-81-10)113-35-54-45(4)46(5)74(116-54)98-40-87-57-64(83-38-85-66(57)98)91-71(104)51-23-17-13-18-24-51)56(118-77)37-114-124(126,111-32-29-82-11)120-61-48(7)76(99-41-88-58-65(84-39-86-67(58)99)92-72(105)52-25-19-14-20-26-52)117-55(61)36-112-122(108,109-30-27-80-9)119-60-47(6)75(115-53(60)34-101)97-33-44(3)63(93-79(97)107)90-70(103)50-21-15-12-16-22-50/h12-26,33,38-43,45-49,53-56,60-62,74-77,101H,27-32,34-37H2,1-8H3,(H,83,85,91,104)(H,84,86,92,105)(H,90,93,103,107)(H2,94,95,96,102,106)/t45-,46?,47?,48?,49?,53-,54-,55-,56-,60-,61-,62-,74-,75-,76-,77-,122?,123?,124?/m1/s1. The molecule has 19 atom stereocenters. The summed E-state index contributed by atoms with van der Waals surface area (Å²) >= 11 is 12.8. The number of aryl methyl sites for hydroxylation is 1. The Kier molecular flexibility index (Phi) is 29.1. The number of phosphoric ester groups is 1. The minimum Gasteiger partial charge on any atom is -0.394 e. The minimum absolute atomic E-state index is 0.0298. The van der Waals surface area contributed by atoms with Gasteiger partial charge in [-0.05, 0) is 72.9 Å². The van der Waals surface area contributed by atoms with Crippen LogP contribution in [0.3, 0.4) is 0 Å². The van der Waals surface area contributed by atoms with E-state index >= 15 is 4.57 Å². The van der Waals surface area contributed by atoms with Crippen LogP contribution in [0.4, 0.5) is 23.4 Å². The number of H-pyrrole nitrogens is 1. The molecule has 0 bridgehead atoms. The number of carbonyl (C=O) groups excluding carboxylic acids is 4. The number of aromatic amines is 1. The van der Waals surface area contributed by atoms with Crippen LogP contribution in [0.2, 0.25) is 0 Å². The molecular weight excluding hydrogens is 1740 g/mol. The van der Waals surface area contributed by atoms with Gasteiger partial charge in [0.2, 0.25) is 31.5 Å². The van der Waals surface area contributed by atoms with E-state index in [1.165, 1.54) is 40.6 Å². The fourth-order valence-electron chi connectivity index (χ4n) is 14.7. The van der Waals surface area contributed by atoms with Crippen LogP contribution in [-0.4, -0.2) is 205 Å². The third-order valence-electron chi connectivity index (χ3n) is 21.6. The molecule has 4 saturated heterocycles. The first-order valence-electron chi connectivity index (χ1n) is 39.9. The maximum Gasteiger partial charge on any atom is 0.475 e. The van der Waals surface area contributed by atoms with Gasteiger partial charge in [-0.25, -0.2) is 64.0 Å². The maximum atomic E-state index is 15.6. The van der Waals surface area contributed by atoms with Crippen molar-refractivity contribution in [1.29, 1.82) is 0 Å².